The Morgan fingerprint density at radius 3 is 2.85 bits per heavy atom. The van der Waals surface area contributed by atoms with Gasteiger partial charge >= 0.3 is 0 Å². The number of aryl methyl sites for hydroxylation is 1. The van der Waals surface area contributed by atoms with Crippen LogP contribution in [-0.2, 0) is 4.74 Å². The van der Waals surface area contributed by atoms with Crippen molar-refractivity contribution in [2.24, 2.45) is 0 Å². The molecule has 1 aliphatic heterocycles. The summed E-state index contributed by atoms with van der Waals surface area (Å²) in [6, 6.07) is 1.99. The van der Waals surface area contributed by atoms with Crippen LogP contribution in [0.1, 0.15) is 47.2 Å². The van der Waals surface area contributed by atoms with E-state index in [1.165, 1.54) is 0 Å². The smallest absolute Gasteiger partial charge is 0.167 e. The first-order chi connectivity index (χ1) is 9.54. The van der Waals surface area contributed by atoms with Crippen molar-refractivity contribution in [2.45, 2.75) is 45.6 Å². The number of ketones is 1. The van der Waals surface area contributed by atoms with E-state index in [1.54, 1.807) is 7.11 Å². The highest BCUT2D eigenvalue weighted by atomic mass is 79.9. The van der Waals surface area contributed by atoms with Crippen LogP contribution in [0.3, 0.4) is 0 Å². The summed E-state index contributed by atoms with van der Waals surface area (Å²) in [5.74, 6) is 0.835. The van der Waals surface area contributed by atoms with Crippen molar-refractivity contribution >= 4 is 21.7 Å². The zero-order valence-electron chi connectivity index (χ0n) is 12.3. The normalized spacial score (nSPS) is 18.3. The molecule has 0 aromatic heterocycles. The fraction of sp³-hybridized carbons (Fsp3) is 0.562. The Hall–Kier alpha value is -0.870. The van der Waals surface area contributed by atoms with Crippen LogP contribution in [0.2, 0.25) is 0 Å². The van der Waals surface area contributed by atoms with Crippen molar-refractivity contribution in [3.63, 3.8) is 0 Å². The number of rotatable bonds is 5. The molecule has 0 N–H and O–H groups in total. The van der Waals surface area contributed by atoms with Gasteiger partial charge in [-0.05, 0) is 50.3 Å². The van der Waals surface area contributed by atoms with Crippen LogP contribution in [0.15, 0.2) is 10.5 Å². The maximum absolute atomic E-state index is 12.5. The summed E-state index contributed by atoms with van der Waals surface area (Å²) < 4.78 is 12.0. The molecule has 1 heterocycles. The molecular formula is C16H21BrO3. The topological polar surface area (TPSA) is 35.5 Å². The van der Waals surface area contributed by atoms with Crippen LogP contribution in [-0.4, -0.2) is 25.6 Å². The van der Waals surface area contributed by atoms with Crippen LogP contribution in [0, 0.1) is 13.8 Å². The molecule has 20 heavy (non-hydrogen) atoms. The minimum absolute atomic E-state index is 0.138. The molecule has 1 atom stereocenters. The van der Waals surface area contributed by atoms with Crippen molar-refractivity contribution in [3.8, 4) is 5.75 Å². The Balaban J connectivity index is 2.19. The number of ether oxygens (including phenoxy) is 2. The molecule has 0 bridgehead atoms. The average molecular weight is 341 g/mol. The maximum atomic E-state index is 12.5. The summed E-state index contributed by atoms with van der Waals surface area (Å²) in [5, 5.41) is 0. The lowest BCUT2D eigenvalue weighted by Gasteiger charge is -2.16. The van der Waals surface area contributed by atoms with Crippen LogP contribution >= 0.6 is 15.9 Å². The van der Waals surface area contributed by atoms with E-state index < -0.39 is 0 Å². The highest BCUT2D eigenvalue weighted by molar-refractivity contribution is 9.10. The average Bonchev–Trinajstić information content (AvgIpc) is 2.93. The van der Waals surface area contributed by atoms with Gasteiger partial charge in [0.25, 0.3) is 0 Å². The minimum Gasteiger partial charge on any atom is -0.496 e. The first kappa shape index (κ1) is 15.5. The monoisotopic (exact) mass is 340 g/mol. The van der Waals surface area contributed by atoms with E-state index >= 15 is 0 Å². The van der Waals surface area contributed by atoms with Gasteiger partial charge in [-0.25, -0.2) is 0 Å². The molecular weight excluding hydrogens is 320 g/mol. The SMILES string of the molecule is COc1c(C)cc(Br)c(C)c1C(=O)CCC1CCCO1. The second kappa shape index (κ2) is 6.72. The molecule has 0 aliphatic carbocycles. The van der Waals surface area contributed by atoms with Gasteiger partial charge in [-0.2, -0.15) is 0 Å². The van der Waals surface area contributed by atoms with Crippen molar-refractivity contribution < 1.29 is 14.3 Å². The molecule has 1 saturated heterocycles. The summed E-state index contributed by atoms with van der Waals surface area (Å²) in [6.45, 7) is 4.74. The summed E-state index contributed by atoms with van der Waals surface area (Å²) in [5.41, 5.74) is 2.63. The Morgan fingerprint density at radius 1 is 1.50 bits per heavy atom. The molecule has 3 nitrogen and oxygen atoms in total. The van der Waals surface area contributed by atoms with Crippen LogP contribution < -0.4 is 4.74 Å². The first-order valence-electron chi connectivity index (χ1n) is 7.03. The molecule has 1 fully saturated rings. The van der Waals surface area contributed by atoms with Gasteiger partial charge in [0, 0.05) is 17.5 Å². The molecule has 1 aromatic carbocycles. The Bertz CT molecular complexity index is 505. The molecule has 0 saturated carbocycles. The molecule has 4 heteroatoms. The zero-order valence-corrected chi connectivity index (χ0v) is 13.9. The largest absolute Gasteiger partial charge is 0.496 e. The Labute approximate surface area is 128 Å². The van der Waals surface area contributed by atoms with Crippen molar-refractivity contribution in [1.29, 1.82) is 0 Å². The molecule has 1 aromatic rings. The molecule has 110 valence electrons. The van der Waals surface area contributed by atoms with Gasteiger partial charge in [-0.1, -0.05) is 15.9 Å². The van der Waals surface area contributed by atoms with E-state index in [2.05, 4.69) is 15.9 Å². The first-order valence-corrected chi connectivity index (χ1v) is 7.82. The lowest BCUT2D eigenvalue weighted by atomic mass is 9.96. The zero-order chi connectivity index (χ0) is 14.7. The summed E-state index contributed by atoms with van der Waals surface area (Å²) in [7, 11) is 1.62. The number of hydrogen-bond acceptors (Lipinski definition) is 3. The van der Waals surface area contributed by atoms with Gasteiger partial charge in [0.05, 0.1) is 18.8 Å². The number of carbonyl (C=O) groups excluding carboxylic acids is 1. The van der Waals surface area contributed by atoms with E-state index in [4.69, 9.17) is 9.47 Å². The maximum Gasteiger partial charge on any atom is 0.167 e. The van der Waals surface area contributed by atoms with Gasteiger partial charge in [0.15, 0.2) is 5.78 Å². The van der Waals surface area contributed by atoms with Gasteiger partial charge in [-0.3, -0.25) is 4.79 Å². The third kappa shape index (κ3) is 3.23. The van der Waals surface area contributed by atoms with Crippen molar-refractivity contribution in [3.05, 3.63) is 27.2 Å². The minimum atomic E-state index is 0.138. The van der Waals surface area contributed by atoms with Gasteiger partial charge < -0.3 is 9.47 Å². The third-order valence-corrected chi connectivity index (χ3v) is 4.69. The van der Waals surface area contributed by atoms with Crippen LogP contribution in [0.4, 0.5) is 0 Å². The van der Waals surface area contributed by atoms with E-state index in [-0.39, 0.29) is 11.9 Å². The lowest BCUT2D eigenvalue weighted by Crippen LogP contribution is -2.11. The predicted octanol–water partition coefficient (Wildman–Crippen LogP) is 4.22. The standard InChI is InChI=1S/C16H21BrO3/c1-10-9-13(17)11(2)15(16(10)19-3)14(18)7-6-12-5-4-8-20-12/h9,12H,4-8H2,1-3H3. The number of benzene rings is 1. The Morgan fingerprint density at radius 2 is 2.25 bits per heavy atom. The number of carbonyl (C=O) groups is 1. The van der Waals surface area contributed by atoms with Gasteiger partial charge in [-0.15, -0.1) is 0 Å². The van der Waals surface area contributed by atoms with E-state index in [0.717, 1.165) is 41.5 Å². The quantitative estimate of drug-likeness (QED) is 0.753. The van der Waals surface area contributed by atoms with Crippen molar-refractivity contribution in [2.75, 3.05) is 13.7 Å². The molecule has 1 unspecified atom stereocenters. The summed E-state index contributed by atoms with van der Waals surface area (Å²) in [6.07, 6.45) is 3.74. The number of Topliss-reactive ketones (excluding diaryl/α,β-unsaturated/α-hetero) is 1. The van der Waals surface area contributed by atoms with Crippen LogP contribution in [0.5, 0.6) is 5.75 Å². The summed E-state index contributed by atoms with van der Waals surface area (Å²) in [4.78, 5) is 12.5. The highest BCUT2D eigenvalue weighted by Gasteiger charge is 2.22. The molecule has 0 amide bonds. The fourth-order valence-electron chi connectivity index (χ4n) is 2.74. The molecule has 2 rings (SSSR count). The lowest BCUT2D eigenvalue weighted by molar-refractivity contribution is 0.0856. The number of methoxy groups -OCH3 is 1. The predicted molar refractivity (Wildman–Crippen MR) is 82.7 cm³/mol. The van der Waals surface area contributed by atoms with E-state index in [0.29, 0.717) is 17.7 Å². The molecule has 0 spiro atoms. The highest BCUT2D eigenvalue weighted by Crippen LogP contribution is 2.33. The fourth-order valence-corrected chi connectivity index (χ4v) is 3.28. The van der Waals surface area contributed by atoms with Crippen molar-refractivity contribution in [1.82, 2.24) is 0 Å². The molecule has 1 aliphatic rings. The van der Waals surface area contributed by atoms with E-state index in [9.17, 15) is 4.79 Å². The van der Waals surface area contributed by atoms with Gasteiger partial charge in [0.1, 0.15) is 5.75 Å². The summed E-state index contributed by atoms with van der Waals surface area (Å²) >= 11 is 3.51. The Kier molecular flexibility index (Phi) is 5.22. The molecule has 0 radical (unpaired) electrons. The second-order valence-electron chi connectivity index (χ2n) is 5.31. The third-order valence-electron chi connectivity index (χ3n) is 3.86. The van der Waals surface area contributed by atoms with Gasteiger partial charge in [0.2, 0.25) is 0 Å². The number of hydrogen-bond donors (Lipinski definition) is 0. The van der Waals surface area contributed by atoms with E-state index in [1.807, 2.05) is 19.9 Å². The second-order valence-corrected chi connectivity index (χ2v) is 6.16. The van der Waals surface area contributed by atoms with Crippen LogP contribution in [0.25, 0.3) is 0 Å². The number of halogens is 1.